The highest BCUT2D eigenvalue weighted by Gasteiger charge is 2.06. The second-order valence-corrected chi connectivity index (χ2v) is 4.49. The van der Waals surface area contributed by atoms with E-state index in [0.29, 0.717) is 5.92 Å². The van der Waals surface area contributed by atoms with Gasteiger partial charge in [0, 0.05) is 25.4 Å². The summed E-state index contributed by atoms with van der Waals surface area (Å²) in [5.74, 6) is 1.44. The third-order valence-electron chi connectivity index (χ3n) is 3.07. The fourth-order valence-electron chi connectivity index (χ4n) is 1.80. The summed E-state index contributed by atoms with van der Waals surface area (Å²) in [6, 6.07) is 12.6. The van der Waals surface area contributed by atoms with Crippen molar-refractivity contribution in [2.24, 2.45) is 7.05 Å². The van der Waals surface area contributed by atoms with Crippen LogP contribution in [0.3, 0.4) is 0 Å². The molecule has 1 aromatic heterocycles. The van der Waals surface area contributed by atoms with Gasteiger partial charge in [-0.25, -0.2) is 0 Å². The highest BCUT2D eigenvalue weighted by molar-refractivity contribution is 5.36. The predicted octanol–water partition coefficient (Wildman–Crippen LogP) is 2.94. The minimum absolute atomic E-state index is 0.485. The van der Waals surface area contributed by atoms with Gasteiger partial charge in [0.2, 0.25) is 0 Å². The van der Waals surface area contributed by atoms with Gasteiger partial charge in [-0.15, -0.1) is 0 Å². The number of hydrogen-bond acceptors (Lipinski definition) is 2. The van der Waals surface area contributed by atoms with Gasteiger partial charge >= 0.3 is 0 Å². The first-order valence-corrected chi connectivity index (χ1v) is 5.96. The Balaban J connectivity index is 1.94. The minimum Gasteiger partial charge on any atom is -0.368 e. The van der Waals surface area contributed by atoms with Crippen LogP contribution < -0.4 is 5.32 Å². The Morgan fingerprint density at radius 1 is 1.29 bits per heavy atom. The maximum absolute atomic E-state index is 4.38. The molecule has 0 aliphatic heterocycles. The molecule has 0 fully saturated rings. The molecular weight excluding hydrogens is 210 g/mol. The zero-order chi connectivity index (χ0) is 12.3. The maximum Gasteiger partial charge on any atom is 0.148 e. The Morgan fingerprint density at radius 3 is 2.59 bits per heavy atom. The van der Waals surface area contributed by atoms with Crippen LogP contribution >= 0.6 is 0 Å². The fourth-order valence-corrected chi connectivity index (χ4v) is 1.80. The van der Waals surface area contributed by atoms with Crippen LogP contribution in [0.1, 0.15) is 24.1 Å². The van der Waals surface area contributed by atoms with Gasteiger partial charge in [-0.3, -0.25) is 4.68 Å². The maximum atomic E-state index is 4.38. The molecule has 1 atom stereocenters. The number of nitrogens with zero attached hydrogens (tertiary/aromatic N) is 2. The van der Waals surface area contributed by atoms with E-state index in [1.165, 1.54) is 11.3 Å². The van der Waals surface area contributed by atoms with E-state index in [4.69, 9.17) is 0 Å². The Labute approximate surface area is 102 Å². The van der Waals surface area contributed by atoms with E-state index >= 15 is 0 Å². The van der Waals surface area contributed by atoms with Crippen molar-refractivity contribution in [3.05, 3.63) is 47.7 Å². The number of aromatic nitrogens is 2. The third-order valence-corrected chi connectivity index (χ3v) is 3.07. The summed E-state index contributed by atoms with van der Waals surface area (Å²) in [5.41, 5.74) is 2.52. The fraction of sp³-hybridized carbons (Fsp3) is 0.357. The topological polar surface area (TPSA) is 29.9 Å². The lowest BCUT2D eigenvalue weighted by molar-refractivity contribution is 0.735. The largest absolute Gasteiger partial charge is 0.368 e. The molecule has 2 rings (SSSR count). The van der Waals surface area contributed by atoms with E-state index in [0.717, 1.165) is 12.4 Å². The molecule has 2 aromatic rings. The molecule has 0 amide bonds. The van der Waals surface area contributed by atoms with Crippen LogP contribution in [0.25, 0.3) is 0 Å². The molecule has 0 aliphatic rings. The highest BCUT2D eigenvalue weighted by Crippen LogP contribution is 2.15. The van der Waals surface area contributed by atoms with Crippen LogP contribution in [0.2, 0.25) is 0 Å². The number of rotatable bonds is 4. The molecule has 0 spiro atoms. The molecule has 0 saturated heterocycles. The molecule has 90 valence electrons. The summed E-state index contributed by atoms with van der Waals surface area (Å²) in [7, 11) is 1.96. The molecule has 0 saturated carbocycles. The molecule has 0 radical (unpaired) electrons. The third kappa shape index (κ3) is 2.87. The molecule has 17 heavy (non-hydrogen) atoms. The Bertz CT molecular complexity index is 454. The molecule has 0 bridgehead atoms. The van der Waals surface area contributed by atoms with Crippen LogP contribution in [0, 0.1) is 6.92 Å². The zero-order valence-electron chi connectivity index (χ0n) is 10.6. The minimum atomic E-state index is 0.485. The van der Waals surface area contributed by atoms with Crippen LogP contribution in [-0.2, 0) is 7.05 Å². The molecule has 1 heterocycles. The average Bonchev–Trinajstić information content (AvgIpc) is 2.67. The first kappa shape index (κ1) is 11.7. The van der Waals surface area contributed by atoms with E-state index in [-0.39, 0.29) is 0 Å². The van der Waals surface area contributed by atoms with Crippen molar-refractivity contribution >= 4 is 5.82 Å². The van der Waals surface area contributed by atoms with E-state index in [9.17, 15) is 0 Å². The predicted molar refractivity (Wildman–Crippen MR) is 71.3 cm³/mol. The van der Waals surface area contributed by atoms with Crippen molar-refractivity contribution in [3.8, 4) is 0 Å². The van der Waals surface area contributed by atoms with Gasteiger partial charge in [0.15, 0.2) is 0 Å². The standard InChI is InChI=1S/C14H19N3/c1-11(13-7-5-4-6-8-13)10-15-14-9-12(2)17(3)16-14/h4-9,11H,10H2,1-3H3,(H,15,16)/t11-/m1/s1. The summed E-state index contributed by atoms with van der Waals surface area (Å²) >= 11 is 0. The number of nitrogens with one attached hydrogen (secondary N) is 1. The molecule has 1 aromatic carbocycles. The Morgan fingerprint density at radius 2 is 2.00 bits per heavy atom. The van der Waals surface area contributed by atoms with E-state index in [1.807, 2.05) is 17.8 Å². The average molecular weight is 229 g/mol. The molecule has 3 nitrogen and oxygen atoms in total. The van der Waals surface area contributed by atoms with E-state index in [1.54, 1.807) is 0 Å². The molecule has 1 N–H and O–H groups in total. The summed E-state index contributed by atoms with van der Waals surface area (Å²) < 4.78 is 1.88. The second kappa shape index (κ2) is 5.04. The molecule has 3 heteroatoms. The second-order valence-electron chi connectivity index (χ2n) is 4.49. The lowest BCUT2D eigenvalue weighted by atomic mass is 10.0. The number of anilines is 1. The monoisotopic (exact) mass is 229 g/mol. The van der Waals surface area contributed by atoms with Gasteiger partial charge in [-0.05, 0) is 18.4 Å². The number of benzene rings is 1. The van der Waals surface area contributed by atoms with Gasteiger partial charge in [0.25, 0.3) is 0 Å². The molecular formula is C14H19N3. The number of aryl methyl sites for hydroxylation is 2. The van der Waals surface area contributed by atoms with Gasteiger partial charge in [0.05, 0.1) is 0 Å². The quantitative estimate of drug-likeness (QED) is 0.873. The van der Waals surface area contributed by atoms with Crippen molar-refractivity contribution < 1.29 is 0 Å². The van der Waals surface area contributed by atoms with Gasteiger partial charge in [-0.1, -0.05) is 37.3 Å². The van der Waals surface area contributed by atoms with Crippen LogP contribution in [0.15, 0.2) is 36.4 Å². The van der Waals surface area contributed by atoms with Crippen LogP contribution in [0.5, 0.6) is 0 Å². The van der Waals surface area contributed by atoms with Gasteiger partial charge < -0.3 is 5.32 Å². The van der Waals surface area contributed by atoms with Crippen LogP contribution in [-0.4, -0.2) is 16.3 Å². The summed E-state index contributed by atoms with van der Waals surface area (Å²) in [6.45, 7) is 5.18. The van der Waals surface area contributed by atoms with Crippen molar-refractivity contribution in [3.63, 3.8) is 0 Å². The molecule has 0 unspecified atom stereocenters. The van der Waals surface area contributed by atoms with Crippen LogP contribution in [0.4, 0.5) is 5.82 Å². The zero-order valence-corrected chi connectivity index (χ0v) is 10.6. The summed E-state index contributed by atoms with van der Waals surface area (Å²) in [6.07, 6.45) is 0. The first-order valence-electron chi connectivity index (χ1n) is 5.96. The van der Waals surface area contributed by atoms with Crippen molar-refractivity contribution in [2.75, 3.05) is 11.9 Å². The summed E-state index contributed by atoms with van der Waals surface area (Å²) in [5, 5.41) is 7.75. The number of hydrogen-bond donors (Lipinski definition) is 1. The van der Waals surface area contributed by atoms with Crippen molar-refractivity contribution in [1.29, 1.82) is 0 Å². The lowest BCUT2D eigenvalue weighted by Gasteiger charge is -2.12. The first-order chi connectivity index (χ1) is 8.16. The summed E-state index contributed by atoms with van der Waals surface area (Å²) in [4.78, 5) is 0. The van der Waals surface area contributed by atoms with Gasteiger partial charge in [0.1, 0.15) is 5.82 Å². The van der Waals surface area contributed by atoms with Crippen molar-refractivity contribution in [2.45, 2.75) is 19.8 Å². The lowest BCUT2D eigenvalue weighted by Crippen LogP contribution is -2.10. The van der Waals surface area contributed by atoms with Crippen molar-refractivity contribution in [1.82, 2.24) is 9.78 Å². The van der Waals surface area contributed by atoms with E-state index < -0.39 is 0 Å². The highest BCUT2D eigenvalue weighted by atomic mass is 15.3. The normalized spacial score (nSPS) is 12.4. The smallest absolute Gasteiger partial charge is 0.148 e. The SMILES string of the molecule is Cc1cc(NC[C@@H](C)c2ccccc2)nn1C. The molecule has 0 aliphatic carbocycles. The Kier molecular flexibility index (Phi) is 3.47. The van der Waals surface area contributed by atoms with Gasteiger partial charge in [-0.2, -0.15) is 5.10 Å². The van der Waals surface area contributed by atoms with E-state index in [2.05, 4.69) is 54.6 Å². The Hall–Kier alpha value is -1.77.